The van der Waals surface area contributed by atoms with Crippen molar-refractivity contribution in [3.05, 3.63) is 94.6 Å². The number of ether oxygens (including phenoxy) is 1. The number of benzene rings is 1. The first-order chi connectivity index (χ1) is 23.6. The molecule has 1 aromatic rings. The zero-order valence-corrected chi connectivity index (χ0v) is 41.0. The van der Waals surface area contributed by atoms with Crippen molar-refractivity contribution in [1.82, 2.24) is 4.90 Å². The molecule has 5 nitrogen and oxygen atoms in total. The Balaban J connectivity index is -0.00000221. The molecule has 2 aliphatic rings. The Bertz CT molecular complexity index is 1360. The molecule has 3 unspecified atom stereocenters. The summed E-state index contributed by atoms with van der Waals surface area (Å²) < 4.78 is 6.48. The van der Waals surface area contributed by atoms with Gasteiger partial charge in [-0.1, -0.05) is 136 Å². The Morgan fingerprint density at radius 2 is 1.52 bits per heavy atom. The van der Waals surface area contributed by atoms with E-state index < -0.39 is 5.41 Å². The number of nitrogens with zero attached hydrogens (tertiary/aromatic N) is 2. The predicted molar refractivity (Wildman–Crippen MR) is 224 cm³/mol. The fraction of sp³-hybridized carbons (Fsp3) is 0.568. The summed E-state index contributed by atoms with van der Waals surface area (Å²) in [5, 5.41) is 1.52. The minimum atomic E-state index is -0.892. The molecule has 3 rings (SSSR count). The number of carbonyl (C=O) groups is 2. The quantitative estimate of drug-likeness (QED) is 0.119. The van der Waals surface area contributed by atoms with Crippen molar-refractivity contribution in [2.24, 2.45) is 28.2 Å². The van der Waals surface area contributed by atoms with Crippen molar-refractivity contribution >= 4 is 41.1 Å². The van der Waals surface area contributed by atoms with Crippen LogP contribution in [0.2, 0.25) is 5.02 Å². The van der Waals surface area contributed by atoms with Crippen LogP contribution in [0.5, 0.6) is 0 Å². The summed E-state index contributed by atoms with van der Waals surface area (Å²) in [4.78, 5) is 32.2. The molecule has 0 saturated carbocycles. The zero-order chi connectivity index (χ0) is 38.8. The zero-order valence-electron chi connectivity index (χ0n) is 35.3. The van der Waals surface area contributed by atoms with Crippen molar-refractivity contribution in [3.8, 4) is 0 Å². The number of amides is 1. The molecular weight excluding hydrogens is 913 g/mol. The van der Waals surface area contributed by atoms with E-state index in [-0.39, 0.29) is 75.0 Å². The molecule has 0 saturated heterocycles. The van der Waals surface area contributed by atoms with Crippen LogP contribution in [0, 0.1) is 68.1 Å². The number of hydrogen-bond donors (Lipinski definition) is 0. The van der Waals surface area contributed by atoms with E-state index in [1.807, 2.05) is 84.4 Å². The maximum atomic E-state index is 13.1. The first kappa shape index (κ1) is 54.6. The van der Waals surface area contributed by atoms with Gasteiger partial charge in [-0.2, -0.15) is 6.42 Å². The van der Waals surface area contributed by atoms with Gasteiger partial charge in [0.2, 0.25) is 5.91 Å². The van der Waals surface area contributed by atoms with Gasteiger partial charge in [0.25, 0.3) is 0 Å². The van der Waals surface area contributed by atoms with E-state index in [1.54, 1.807) is 4.90 Å². The minimum Gasteiger partial charge on any atom is -0.552 e. The second kappa shape index (κ2) is 27.8. The third-order valence-electron chi connectivity index (χ3n) is 8.15. The van der Waals surface area contributed by atoms with Gasteiger partial charge in [-0.15, -0.1) is 11.6 Å². The Morgan fingerprint density at radius 3 is 1.92 bits per heavy atom. The number of carbonyl (C=O) groups excluding carboxylic acids is 2. The van der Waals surface area contributed by atoms with E-state index in [2.05, 4.69) is 61.5 Å². The summed E-state index contributed by atoms with van der Waals surface area (Å²) in [6, 6.07) is 7.65. The van der Waals surface area contributed by atoms with Crippen LogP contribution < -0.4 is 0 Å². The smallest absolute Gasteiger partial charge is 0.552 e. The summed E-state index contributed by atoms with van der Waals surface area (Å²) in [5.41, 5.74) is 4.05. The molecular formula is C44H70Cl2N2O3U. The van der Waals surface area contributed by atoms with Crippen molar-refractivity contribution in [2.75, 3.05) is 6.54 Å². The van der Waals surface area contributed by atoms with Gasteiger partial charge in [0.1, 0.15) is 6.29 Å². The van der Waals surface area contributed by atoms with Crippen LogP contribution in [-0.2, 0) is 14.3 Å². The van der Waals surface area contributed by atoms with Crippen molar-refractivity contribution < 1.29 is 45.4 Å². The molecule has 1 amide bonds. The average molecular weight is 984 g/mol. The first-order valence-electron chi connectivity index (χ1n) is 18.6. The van der Waals surface area contributed by atoms with E-state index in [9.17, 15) is 9.59 Å². The molecule has 52 heavy (non-hydrogen) atoms. The predicted octanol–water partition coefficient (Wildman–Crippen LogP) is 13.4. The van der Waals surface area contributed by atoms with Gasteiger partial charge in [0, 0.05) is 39.8 Å². The molecule has 0 aliphatic heterocycles. The third-order valence-corrected chi connectivity index (χ3v) is 8.72. The number of rotatable bonds is 12. The van der Waals surface area contributed by atoms with Gasteiger partial charge in [-0.3, -0.25) is 9.79 Å². The van der Waals surface area contributed by atoms with Crippen LogP contribution in [0.15, 0.2) is 75.1 Å². The Kier molecular flexibility index (Phi) is 29.2. The maximum absolute atomic E-state index is 13.1. The average Bonchev–Trinajstić information content (AvgIpc) is 3.07. The third kappa shape index (κ3) is 15.9. The minimum absolute atomic E-state index is 0. The Morgan fingerprint density at radius 1 is 0.981 bits per heavy atom. The number of hydrogen-bond acceptors (Lipinski definition) is 4. The summed E-state index contributed by atoms with van der Waals surface area (Å²) >= 11 is 12.6. The Hall–Kier alpha value is -1.71. The fourth-order valence-corrected chi connectivity index (χ4v) is 6.22. The fourth-order valence-electron chi connectivity index (χ4n) is 5.94. The molecule has 0 bridgehead atoms. The number of aldehydes is 1. The van der Waals surface area contributed by atoms with Gasteiger partial charge in [-0.25, -0.2) is 0 Å². The van der Waals surface area contributed by atoms with Crippen molar-refractivity contribution in [3.63, 3.8) is 0 Å². The van der Waals surface area contributed by atoms with Crippen LogP contribution >= 0.6 is 23.2 Å². The van der Waals surface area contributed by atoms with Crippen LogP contribution in [0.4, 0.5) is 0 Å². The van der Waals surface area contributed by atoms with Gasteiger partial charge in [0.05, 0.1) is 18.7 Å². The van der Waals surface area contributed by atoms with Crippen LogP contribution in [0.25, 0.3) is 0 Å². The topological polar surface area (TPSA) is 59.0 Å². The first-order valence-corrected chi connectivity index (χ1v) is 19.4. The molecule has 0 aromatic heterocycles. The molecule has 3 atom stereocenters. The molecule has 292 valence electrons. The van der Waals surface area contributed by atoms with E-state index in [0.29, 0.717) is 17.2 Å². The molecule has 0 radical (unpaired) electrons. The summed E-state index contributed by atoms with van der Waals surface area (Å²) in [6.07, 6.45) is 11.1. The molecule has 0 spiro atoms. The van der Waals surface area contributed by atoms with Crippen molar-refractivity contribution in [2.45, 2.75) is 135 Å². The maximum Gasteiger partial charge on any atom is 2.00 e. The van der Waals surface area contributed by atoms with Crippen LogP contribution in [0.3, 0.4) is 0 Å². The van der Waals surface area contributed by atoms with E-state index in [4.69, 9.17) is 32.9 Å². The number of allylic oxidation sites excluding steroid dienone is 5. The summed E-state index contributed by atoms with van der Waals surface area (Å²) in [7, 11) is 0. The standard InChI is InChI=1S/C35H45Cl2N2O3.C4H10.2C2H6.CH3.U/c1-9-31(38-33(27-12-16-29(37)17-13-27)24(6)26-10-14-28(36)15-11-26)35(8)32(42-23(4)5)19-18-30(22(2)3)34(35)39(20-21-40)25(7)41;1-4(2)3;2*1-2;;/h10,12-14,16-19,21-24,33H,9,11,15,20H2,1-8H3;4H,1-3H3;2*1-2H3;1H3;/q-1;;;;-1;+2. The molecule has 2 aliphatic carbocycles. The second-order valence-electron chi connectivity index (χ2n) is 13.5. The van der Waals surface area contributed by atoms with E-state index >= 15 is 0 Å². The molecule has 0 heterocycles. The summed E-state index contributed by atoms with van der Waals surface area (Å²) in [6.45, 7) is 30.5. The second-order valence-corrected chi connectivity index (χ2v) is 14.5. The largest absolute Gasteiger partial charge is 2.00 e. The number of aliphatic imine (C=N–C) groups is 1. The van der Waals surface area contributed by atoms with Gasteiger partial charge in [-0.05, 0) is 68.7 Å². The van der Waals surface area contributed by atoms with Gasteiger partial charge < -0.3 is 21.9 Å². The SMILES string of the molecule is CC.CC.CC(C)C.CCC(=NC(c1ccc(Cl)cc1)C(C)C1=CC=C(Cl)CC1)C1(C)C(OC(C)C)=C[CH-]C(C(C)C)=C1N(CC=O)C(C)=O.[CH3-].[U+2]. The molecule has 0 fully saturated rings. The van der Waals surface area contributed by atoms with Gasteiger partial charge in [0.15, 0.2) is 0 Å². The number of halogens is 2. The molecule has 0 N–H and O–H groups in total. The van der Waals surface area contributed by atoms with Crippen LogP contribution in [0.1, 0.15) is 135 Å². The van der Waals surface area contributed by atoms with Crippen LogP contribution in [-0.4, -0.2) is 35.5 Å². The van der Waals surface area contributed by atoms with E-state index in [0.717, 1.165) is 52.6 Å². The van der Waals surface area contributed by atoms with E-state index in [1.165, 1.54) is 12.5 Å². The molecule has 1 aromatic carbocycles. The molecule has 8 heteroatoms. The van der Waals surface area contributed by atoms with Gasteiger partial charge >= 0.3 is 31.1 Å². The Labute approximate surface area is 353 Å². The van der Waals surface area contributed by atoms with Crippen molar-refractivity contribution in [1.29, 1.82) is 0 Å². The normalized spacial score (nSPS) is 17.8. The monoisotopic (exact) mass is 983 g/mol. The summed E-state index contributed by atoms with van der Waals surface area (Å²) in [5.74, 6) is 1.51.